The van der Waals surface area contributed by atoms with E-state index in [4.69, 9.17) is 17.0 Å². The van der Waals surface area contributed by atoms with Gasteiger partial charge >= 0.3 is 0 Å². The quantitative estimate of drug-likeness (QED) is 0.814. The maximum atomic E-state index is 12.7. The van der Waals surface area contributed by atoms with Crippen LogP contribution in [0.25, 0.3) is 11.4 Å². The molecule has 7 heteroatoms. The van der Waals surface area contributed by atoms with Crippen molar-refractivity contribution >= 4 is 18.1 Å². The van der Waals surface area contributed by atoms with Gasteiger partial charge in [0.15, 0.2) is 10.6 Å². The lowest BCUT2D eigenvalue weighted by molar-refractivity contribution is -0.134. The first-order chi connectivity index (χ1) is 12.5. The van der Waals surface area contributed by atoms with Crippen molar-refractivity contribution in [3.63, 3.8) is 0 Å². The van der Waals surface area contributed by atoms with Crippen molar-refractivity contribution < 1.29 is 9.53 Å². The van der Waals surface area contributed by atoms with Gasteiger partial charge in [-0.2, -0.15) is 5.10 Å². The molecule has 1 aliphatic heterocycles. The van der Waals surface area contributed by atoms with Crippen LogP contribution >= 0.6 is 12.2 Å². The zero-order valence-electron chi connectivity index (χ0n) is 15.6. The van der Waals surface area contributed by atoms with Crippen molar-refractivity contribution in [1.29, 1.82) is 0 Å². The maximum absolute atomic E-state index is 12.7. The maximum Gasteiger partial charge on any atom is 0.224 e. The number of likely N-dealkylation sites (tertiary alicyclic amines) is 1. The van der Waals surface area contributed by atoms with Crippen LogP contribution in [0.5, 0.6) is 5.75 Å². The van der Waals surface area contributed by atoms with Crippen LogP contribution in [0.3, 0.4) is 0 Å². The Balaban J connectivity index is 1.71. The molecule has 0 aliphatic carbocycles. The summed E-state index contributed by atoms with van der Waals surface area (Å²) in [5.41, 5.74) is 0.936. The summed E-state index contributed by atoms with van der Waals surface area (Å²) in [5.74, 6) is 2.85. The fraction of sp³-hybridized carbons (Fsp3) is 0.526. The number of piperidine rings is 1. The number of nitrogens with zero attached hydrogens (tertiary/aromatic N) is 3. The Hall–Kier alpha value is -2.15. The van der Waals surface area contributed by atoms with E-state index in [1.807, 2.05) is 33.7 Å². The Morgan fingerprint density at radius 3 is 2.54 bits per heavy atom. The second-order valence-corrected chi connectivity index (χ2v) is 7.61. The molecule has 2 heterocycles. The number of hydrogen-bond acceptors (Lipinski definition) is 4. The van der Waals surface area contributed by atoms with Crippen molar-refractivity contribution in [3.05, 3.63) is 29.0 Å². The van der Waals surface area contributed by atoms with Crippen LogP contribution in [0.2, 0.25) is 0 Å². The van der Waals surface area contributed by atoms with Gasteiger partial charge in [-0.25, -0.2) is 0 Å². The summed E-state index contributed by atoms with van der Waals surface area (Å²) in [7, 11) is 1.64. The Morgan fingerprint density at radius 2 is 1.92 bits per heavy atom. The molecule has 2 atom stereocenters. The van der Waals surface area contributed by atoms with Crippen molar-refractivity contribution in [1.82, 2.24) is 19.7 Å². The third-order valence-electron chi connectivity index (χ3n) is 4.88. The minimum absolute atomic E-state index is 0.187. The number of aromatic amines is 1. The third-order valence-corrected chi connectivity index (χ3v) is 5.19. The fourth-order valence-corrected chi connectivity index (χ4v) is 3.94. The zero-order chi connectivity index (χ0) is 18.7. The molecular formula is C19H26N4O2S. The molecule has 1 amide bonds. The molecule has 0 bridgehead atoms. The van der Waals surface area contributed by atoms with Crippen LogP contribution in [0.15, 0.2) is 24.3 Å². The van der Waals surface area contributed by atoms with Crippen molar-refractivity contribution in [2.24, 2.45) is 11.8 Å². The predicted octanol–water partition coefficient (Wildman–Crippen LogP) is 3.51. The number of hydrogen-bond donors (Lipinski definition) is 1. The summed E-state index contributed by atoms with van der Waals surface area (Å²) in [4.78, 5) is 14.7. The van der Waals surface area contributed by atoms with Gasteiger partial charge in [-0.05, 0) is 54.7 Å². The molecule has 26 heavy (non-hydrogen) atoms. The van der Waals surface area contributed by atoms with Crippen LogP contribution in [0.4, 0.5) is 0 Å². The average molecular weight is 375 g/mol. The average Bonchev–Trinajstić information content (AvgIpc) is 2.99. The van der Waals surface area contributed by atoms with Crippen LogP contribution in [-0.4, -0.2) is 45.8 Å². The minimum Gasteiger partial charge on any atom is -0.497 e. The van der Waals surface area contributed by atoms with Gasteiger partial charge in [-0.1, -0.05) is 13.8 Å². The standard InChI is InChI=1S/C19H26N4O2S/c1-13-10-14(2)12-22(11-13)17(24)8-9-23-18(20-21-19(23)26)15-4-6-16(25-3)7-5-15/h4-7,13-14H,8-12H2,1-3H3,(H,21,26). The molecule has 2 aromatic rings. The lowest BCUT2D eigenvalue weighted by atomic mass is 9.92. The number of benzene rings is 1. The van der Waals surface area contributed by atoms with E-state index in [9.17, 15) is 4.79 Å². The molecule has 0 spiro atoms. The molecular weight excluding hydrogens is 348 g/mol. The van der Waals surface area contributed by atoms with E-state index in [2.05, 4.69) is 24.0 Å². The smallest absolute Gasteiger partial charge is 0.224 e. The normalized spacial score (nSPS) is 20.2. The Morgan fingerprint density at radius 1 is 1.27 bits per heavy atom. The molecule has 6 nitrogen and oxygen atoms in total. The van der Waals surface area contributed by atoms with Gasteiger partial charge in [0.2, 0.25) is 5.91 Å². The first kappa shape index (κ1) is 18.6. The summed E-state index contributed by atoms with van der Waals surface area (Å²) in [6, 6.07) is 7.66. The van der Waals surface area contributed by atoms with E-state index < -0.39 is 0 Å². The molecule has 140 valence electrons. The molecule has 0 saturated carbocycles. The summed E-state index contributed by atoms with van der Waals surface area (Å²) >= 11 is 5.36. The van der Waals surface area contributed by atoms with Gasteiger partial charge in [0.25, 0.3) is 0 Å². The summed E-state index contributed by atoms with van der Waals surface area (Å²) in [6.07, 6.45) is 1.62. The molecule has 1 aromatic carbocycles. The number of ether oxygens (including phenoxy) is 1. The molecule has 1 saturated heterocycles. The minimum atomic E-state index is 0.187. The molecule has 1 N–H and O–H groups in total. The van der Waals surface area contributed by atoms with Crippen molar-refractivity contribution in [3.8, 4) is 17.1 Å². The SMILES string of the molecule is COc1ccc(-c2n[nH]c(=S)n2CCC(=O)N2CC(C)CC(C)C2)cc1. The van der Waals surface area contributed by atoms with Crippen LogP contribution in [-0.2, 0) is 11.3 Å². The molecule has 0 radical (unpaired) electrons. The zero-order valence-corrected chi connectivity index (χ0v) is 16.4. The number of carbonyl (C=O) groups excluding carboxylic acids is 1. The fourth-order valence-electron chi connectivity index (χ4n) is 3.72. The van der Waals surface area contributed by atoms with Gasteiger partial charge in [0.1, 0.15) is 5.75 Å². The monoisotopic (exact) mass is 374 g/mol. The topological polar surface area (TPSA) is 63.1 Å². The van der Waals surface area contributed by atoms with E-state index >= 15 is 0 Å². The van der Waals surface area contributed by atoms with Crippen LogP contribution in [0.1, 0.15) is 26.7 Å². The number of H-pyrrole nitrogens is 1. The third kappa shape index (κ3) is 4.15. The predicted molar refractivity (Wildman–Crippen MR) is 104 cm³/mol. The van der Waals surface area contributed by atoms with E-state index in [1.165, 1.54) is 6.42 Å². The van der Waals surface area contributed by atoms with Gasteiger partial charge in [-0.3, -0.25) is 14.5 Å². The van der Waals surface area contributed by atoms with Crippen LogP contribution < -0.4 is 4.74 Å². The molecule has 1 aromatic heterocycles. The molecule has 3 rings (SSSR count). The highest BCUT2D eigenvalue weighted by Crippen LogP contribution is 2.23. The van der Waals surface area contributed by atoms with E-state index in [1.54, 1.807) is 7.11 Å². The summed E-state index contributed by atoms with van der Waals surface area (Å²) in [6.45, 7) is 6.65. The van der Waals surface area contributed by atoms with E-state index in [0.717, 1.165) is 30.2 Å². The Bertz CT molecular complexity index is 802. The second kappa shape index (κ2) is 8.03. The van der Waals surface area contributed by atoms with E-state index in [-0.39, 0.29) is 5.91 Å². The lowest BCUT2D eigenvalue weighted by Gasteiger charge is -2.35. The number of rotatable bonds is 5. The van der Waals surface area contributed by atoms with Gasteiger partial charge in [0, 0.05) is 31.6 Å². The number of aromatic nitrogens is 3. The Labute approximate surface area is 159 Å². The first-order valence-electron chi connectivity index (χ1n) is 9.05. The summed E-state index contributed by atoms with van der Waals surface area (Å²) in [5, 5.41) is 7.18. The number of amides is 1. The molecule has 1 fully saturated rings. The Kier molecular flexibility index (Phi) is 5.76. The lowest BCUT2D eigenvalue weighted by Crippen LogP contribution is -2.42. The highest BCUT2D eigenvalue weighted by atomic mass is 32.1. The van der Waals surface area contributed by atoms with Crippen molar-refractivity contribution in [2.75, 3.05) is 20.2 Å². The van der Waals surface area contributed by atoms with Gasteiger partial charge in [0.05, 0.1) is 7.11 Å². The van der Waals surface area contributed by atoms with Gasteiger partial charge < -0.3 is 9.64 Å². The number of nitrogens with one attached hydrogen (secondary N) is 1. The largest absolute Gasteiger partial charge is 0.497 e. The van der Waals surface area contributed by atoms with Gasteiger partial charge in [-0.15, -0.1) is 0 Å². The first-order valence-corrected chi connectivity index (χ1v) is 9.46. The highest BCUT2D eigenvalue weighted by molar-refractivity contribution is 7.71. The number of carbonyl (C=O) groups is 1. The van der Waals surface area contributed by atoms with Crippen molar-refractivity contribution in [2.45, 2.75) is 33.2 Å². The number of methoxy groups -OCH3 is 1. The summed E-state index contributed by atoms with van der Waals surface area (Å²) < 4.78 is 7.62. The second-order valence-electron chi connectivity index (χ2n) is 7.23. The molecule has 1 aliphatic rings. The molecule has 2 unspecified atom stereocenters. The van der Waals surface area contributed by atoms with Crippen LogP contribution in [0, 0.1) is 16.6 Å². The van der Waals surface area contributed by atoms with E-state index in [0.29, 0.717) is 29.6 Å². The highest BCUT2D eigenvalue weighted by Gasteiger charge is 2.25.